The van der Waals surface area contributed by atoms with Gasteiger partial charge in [0.2, 0.25) is 0 Å². The maximum absolute atomic E-state index is 12.0. The highest BCUT2D eigenvalue weighted by Crippen LogP contribution is 2.62. The summed E-state index contributed by atoms with van der Waals surface area (Å²) in [5.74, 6) is -0.0120. The van der Waals surface area contributed by atoms with E-state index in [-0.39, 0.29) is 17.4 Å². The summed E-state index contributed by atoms with van der Waals surface area (Å²) in [6.07, 6.45) is 8.16. The highest BCUT2D eigenvalue weighted by Gasteiger charge is 2.57. The van der Waals surface area contributed by atoms with E-state index in [0.29, 0.717) is 12.5 Å². The standard InChI is InChI=1S/C20H30O3/c1-13-6-7-17-19(3,9-5-10-20(17,4)18(21)22)15(13)12-16-14(2)8-11-23-16/h8,15-17H,1,5-7,9-12H2,2-4H3,(H,21,22)/t15-,16+,17+,19+,20+/m0/s1. The largest absolute Gasteiger partial charge is 0.481 e. The summed E-state index contributed by atoms with van der Waals surface area (Å²) in [4.78, 5) is 12.0. The van der Waals surface area contributed by atoms with Crippen molar-refractivity contribution in [3.05, 3.63) is 23.8 Å². The molecule has 0 spiro atoms. The molecule has 0 amide bonds. The fourth-order valence-corrected chi connectivity index (χ4v) is 5.67. The lowest BCUT2D eigenvalue weighted by molar-refractivity contribution is -0.164. The number of hydrogen-bond acceptors (Lipinski definition) is 2. The van der Waals surface area contributed by atoms with Crippen LogP contribution in [0, 0.1) is 22.7 Å². The minimum absolute atomic E-state index is 0.0347. The first-order valence-corrected chi connectivity index (χ1v) is 8.98. The minimum atomic E-state index is -0.618. The number of carboxylic acids is 1. The van der Waals surface area contributed by atoms with Crippen molar-refractivity contribution in [1.29, 1.82) is 0 Å². The van der Waals surface area contributed by atoms with E-state index in [1.807, 2.05) is 6.92 Å². The van der Waals surface area contributed by atoms with E-state index in [1.54, 1.807) is 0 Å². The molecule has 0 aromatic heterocycles. The average molecular weight is 318 g/mol. The molecule has 3 rings (SSSR count). The van der Waals surface area contributed by atoms with Crippen LogP contribution in [0.2, 0.25) is 0 Å². The van der Waals surface area contributed by atoms with Crippen LogP contribution in [0.4, 0.5) is 0 Å². The first-order chi connectivity index (χ1) is 10.8. The van der Waals surface area contributed by atoms with Crippen LogP contribution in [0.15, 0.2) is 23.8 Å². The third-order valence-corrected chi connectivity index (χ3v) is 7.17. The van der Waals surface area contributed by atoms with Crippen LogP contribution in [0.25, 0.3) is 0 Å². The summed E-state index contributed by atoms with van der Waals surface area (Å²) in [6, 6.07) is 0. The van der Waals surface area contributed by atoms with Crippen LogP contribution in [0.5, 0.6) is 0 Å². The molecule has 0 saturated heterocycles. The number of rotatable bonds is 3. The number of carbonyl (C=O) groups is 1. The summed E-state index contributed by atoms with van der Waals surface area (Å²) in [5, 5.41) is 9.87. The van der Waals surface area contributed by atoms with E-state index in [4.69, 9.17) is 4.74 Å². The smallest absolute Gasteiger partial charge is 0.309 e. The van der Waals surface area contributed by atoms with Gasteiger partial charge < -0.3 is 9.84 Å². The molecular formula is C20H30O3. The van der Waals surface area contributed by atoms with Gasteiger partial charge in [-0.15, -0.1) is 0 Å². The molecule has 0 unspecified atom stereocenters. The Bertz CT molecular complexity index is 549. The molecule has 2 fully saturated rings. The fraction of sp³-hybridized carbons (Fsp3) is 0.750. The lowest BCUT2D eigenvalue weighted by atomic mass is 9.46. The lowest BCUT2D eigenvalue weighted by Crippen LogP contribution is -2.53. The van der Waals surface area contributed by atoms with Crippen LogP contribution in [0.3, 0.4) is 0 Å². The Labute approximate surface area is 139 Å². The van der Waals surface area contributed by atoms with E-state index < -0.39 is 11.4 Å². The Kier molecular flexibility index (Phi) is 4.20. The number of hydrogen-bond donors (Lipinski definition) is 1. The van der Waals surface area contributed by atoms with Crippen molar-refractivity contribution in [2.24, 2.45) is 22.7 Å². The monoisotopic (exact) mass is 318 g/mol. The molecule has 1 aliphatic heterocycles. The molecule has 3 aliphatic rings. The van der Waals surface area contributed by atoms with Crippen LogP contribution >= 0.6 is 0 Å². The topological polar surface area (TPSA) is 46.5 Å². The molecule has 2 saturated carbocycles. The van der Waals surface area contributed by atoms with Gasteiger partial charge in [-0.3, -0.25) is 4.79 Å². The van der Waals surface area contributed by atoms with Crippen LogP contribution in [-0.2, 0) is 9.53 Å². The number of allylic oxidation sites excluding steroid dienone is 1. The second kappa shape index (κ2) is 5.77. The SMILES string of the molecule is C=C1CC[C@@H]2[C@](C)(CCC[C@@]2(C)C(=O)O)[C@H]1C[C@H]1OCC=C1C. The predicted molar refractivity (Wildman–Crippen MR) is 91.2 cm³/mol. The molecule has 5 atom stereocenters. The Morgan fingerprint density at radius 2 is 2.17 bits per heavy atom. The van der Waals surface area contributed by atoms with Gasteiger partial charge in [0.15, 0.2) is 0 Å². The van der Waals surface area contributed by atoms with Crippen molar-refractivity contribution in [1.82, 2.24) is 0 Å². The van der Waals surface area contributed by atoms with Crippen LogP contribution in [-0.4, -0.2) is 23.8 Å². The summed E-state index contributed by atoms with van der Waals surface area (Å²) in [5.41, 5.74) is 2.07. The van der Waals surface area contributed by atoms with Crippen molar-refractivity contribution < 1.29 is 14.6 Å². The molecule has 1 heterocycles. The normalized spacial score (nSPS) is 43.9. The molecule has 23 heavy (non-hydrogen) atoms. The fourth-order valence-electron chi connectivity index (χ4n) is 5.67. The average Bonchev–Trinajstić information content (AvgIpc) is 2.88. The molecule has 0 radical (unpaired) electrons. The van der Waals surface area contributed by atoms with E-state index in [2.05, 4.69) is 26.5 Å². The molecule has 3 heteroatoms. The Hall–Kier alpha value is -1.09. The molecule has 2 aliphatic carbocycles. The zero-order valence-electron chi connectivity index (χ0n) is 14.7. The molecule has 3 nitrogen and oxygen atoms in total. The van der Waals surface area contributed by atoms with Crippen molar-refractivity contribution >= 4 is 5.97 Å². The number of aliphatic carboxylic acids is 1. The third kappa shape index (κ3) is 2.57. The van der Waals surface area contributed by atoms with Gasteiger partial charge in [0.1, 0.15) is 0 Å². The number of fused-ring (bicyclic) bond motifs is 1. The van der Waals surface area contributed by atoms with Gasteiger partial charge in [0.05, 0.1) is 18.1 Å². The molecule has 1 N–H and O–H groups in total. The highest BCUT2D eigenvalue weighted by atomic mass is 16.5. The van der Waals surface area contributed by atoms with Crippen molar-refractivity contribution in [3.8, 4) is 0 Å². The van der Waals surface area contributed by atoms with Crippen molar-refractivity contribution in [2.45, 2.75) is 65.4 Å². The van der Waals surface area contributed by atoms with E-state index >= 15 is 0 Å². The summed E-state index contributed by atoms with van der Waals surface area (Å²) in [7, 11) is 0. The number of ether oxygens (including phenoxy) is 1. The van der Waals surface area contributed by atoms with Crippen molar-refractivity contribution in [2.75, 3.05) is 6.61 Å². The second-order valence-corrected chi connectivity index (χ2v) is 8.39. The molecular weight excluding hydrogens is 288 g/mol. The first-order valence-electron chi connectivity index (χ1n) is 8.98. The Balaban J connectivity index is 1.91. The Morgan fingerprint density at radius 1 is 1.43 bits per heavy atom. The Morgan fingerprint density at radius 3 is 2.78 bits per heavy atom. The molecule has 0 bridgehead atoms. The minimum Gasteiger partial charge on any atom is -0.481 e. The van der Waals surface area contributed by atoms with Gasteiger partial charge >= 0.3 is 5.97 Å². The van der Waals surface area contributed by atoms with Gasteiger partial charge in [0.25, 0.3) is 0 Å². The van der Waals surface area contributed by atoms with Gasteiger partial charge in [-0.25, -0.2) is 0 Å². The van der Waals surface area contributed by atoms with Crippen molar-refractivity contribution in [3.63, 3.8) is 0 Å². The lowest BCUT2D eigenvalue weighted by Gasteiger charge is -2.57. The molecule has 0 aromatic carbocycles. The quantitative estimate of drug-likeness (QED) is 0.774. The second-order valence-electron chi connectivity index (χ2n) is 8.39. The first kappa shape index (κ1) is 16.8. The number of carboxylic acid groups (broad SMARTS) is 1. The maximum atomic E-state index is 12.0. The zero-order chi connectivity index (χ0) is 16.8. The van der Waals surface area contributed by atoms with Gasteiger partial charge in [-0.1, -0.05) is 31.6 Å². The summed E-state index contributed by atoms with van der Waals surface area (Å²) in [6.45, 7) is 11.5. The van der Waals surface area contributed by atoms with Crippen LogP contribution in [0.1, 0.15) is 59.3 Å². The summed E-state index contributed by atoms with van der Waals surface area (Å²) < 4.78 is 5.89. The van der Waals surface area contributed by atoms with Gasteiger partial charge in [-0.2, -0.15) is 0 Å². The van der Waals surface area contributed by atoms with Gasteiger partial charge in [-0.05, 0) is 68.8 Å². The van der Waals surface area contributed by atoms with E-state index in [0.717, 1.165) is 38.5 Å². The van der Waals surface area contributed by atoms with Crippen LogP contribution < -0.4 is 0 Å². The van der Waals surface area contributed by atoms with E-state index in [1.165, 1.54) is 11.1 Å². The third-order valence-electron chi connectivity index (χ3n) is 7.17. The molecule has 128 valence electrons. The predicted octanol–water partition coefficient (Wildman–Crippen LogP) is 4.59. The van der Waals surface area contributed by atoms with Gasteiger partial charge in [0, 0.05) is 0 Å². The molecule has 0 aromatic rings. The summed E-state index contributed by atoms with van der Waals surface area (Å²) >= 11 is 0. The van der Waals surface area contributed by atoms with E-state index in [9.17, 15) is 9.90 Å². The zero-order valence-corrected chi connectivity index (χ0v) is 14.7. The maximum Gasteiger partial charge on any atom is 0.309 e. The highest BCUT2D eigenvalue weighted by molar-refractivity contribution is 5.75.